The van der Waals surface area contributed by atoms with Crippen molar-refractivity contribution in [3.05, 3.63) is 92.2 Å². The van der Waals surface area contributed by atoms with Crippen molar-refractivity contribution in [2.45, 2.75) is 19.8 Å². The van der Waals surface area contributed by atoms with E-state index < -0.39 is 0 Å². The summed E-state index contributed by atoms with van der Waals surface area (Å²) in [6.07, 6.45) is 3.89. The number of aryl methyl sites for hydroxylation is 1. The van der Waals surface area contributed by atoms with E-state index in [-0.39, 0.29) is 23.9 Å². The third-order valence-electron chi connectivity index (χ3n) is 5.40. The number of carbonyl (C=O) groups is 2. The fourth-order valence-corrected chi connectivity index (χ4v) is 5.44. The quantitative estimate of drug-likeness (QED) is 0.124. The van der Waals surface area contributed by atoms with Crippen LogP contribution in [0.1, 0.15) is 43.8 Å². The summed E-state index contributed by atoms with van der Waals surface area (Å²) in [6, 6.07) is 14.0. The topological polar surface area (TPSA) is 90.8 Å². The third kappa shape index (κ3) is 6.03. The van der Waals surface area contributed by atoms with Gasteiger partial charge in [0, 0.05) is 45.0 Å². The first-order valence-corrected chi connectivity index (χ1v) is 12.8. The molecule has 6 nitrogen and oxygen atoms in total. The summed E-state index contributed by atoms with van der Waals surface area (Å²) in [5.74, 6) is -0.0914. The zero-order chi connectivity index (χ0) is 24.9. The number of thiophene rings is 2. The van der Waals surface area contributed by atoms with Crippen LogP contribution in [-0.4, -0.2) is 34.1 Å². The van der Waals surface area contributed by atoms with Crippen LogP contribution < -0.4 is 4.73 Å². The molecule has 35 heavy (non-hydrogen) atoms. The second-order valence-electron chi connectivity index (χ2n) is 7.83. The number of ketones is 2. The summed E-state index contributed by atoms with van der Waals surface area (Å²) in [5.41, 5.74) is 2.94. The van der Waals surface area contributed by atoms with E-state index in [1.54, 1.807) is 43.3 Å². The highest BCUT2D eigenvalue weighted by Gasteiger charge is 2.17. The van der Waals surface area contributed by atoms with Crippen LogP contribution in [-0.2, 0) is 6.42 Å². The van der Waals surface area contributed by atoms with Gasteiger partial charge in [-0.3, -0.25) is 19.8 Å². The van der Waals surface area contributed by atoms with Crippen LogP contribution >= 0.6 is 34.3 Å². The fourth-order valence-electron chi connectivity index (χ4n) is 3.40. The van der Waals surface area contributed by atoms with E-state index in [9.17, 15) is 19.9 Å². The van der Waals surface area contributed by atoms with E-state index in [2.05, 4.69) is 4.99 Å². The average molecular weight is 526 g/mol. The molecule has 9 heteroatoms. The molecule has 0 unspecified atom stereocenters. The van der Waals surface area contributed by atoms with Gasteiger partial charge in [-0.05, 0) is 48.7 Å². The number of Topliss-reactive ketones (excluding diaryl/α,β-unsaturated/α-hetero) is 2. The minimum Gasteiger partial charge on any atom is -0.506 e. The van der Waals surface area contributed by atoms with Gasteiger partial charge in [0.2, 0.25) is 12.4 Å². The molecule has 0 radical (unpaired) electrons. The highest BCUT2D eigenvalue weighted by Crippen LogP contribution is 2.39. The van der Waals surface area contributed by atoms with Crippen LogP contribution in [0.15, 0.2) is 71.3 Å². The molecule has 0 saturated carbocycles. The van der Waals surface area contributed by atoms with Crippen LogP contribution in [0.4, 0.5) is 0 Å². The molecule has 178 valence electrons. The number of hydrogen-bond donors (Lipinski definition) is 2. The lowest BCUT2D eigenvalue weighted by Gasteiger charge is -2.02. The van der Waals surface area contributed by atoms with Gasteiger partial charge in [0.25, 0.3) is 0 Å². The average Bonchev–Trinajstić information content (AvgIpc) is 3.50. The normalized spacial score (nSPS) is 11.5. The van der Waals surface area contributed by atoms with Gasteiger partial charge >= 0.3 is 0 Å². The number of aliphatic imine (C=N–C) groups is 1. The number of benzene rings is 1. The Hall–Kier alpha value is -3.33. The lowest BCUT2D eigenvalue weighted by atomic mass is 10.1. The minimum absolute atomic E-state index is 0.0348. The van der Waals surface area contributed by atoms with Crippen molar-refractivity contribution in [3.63, 3.8) is 0 Å². The maximum absolute atomic E-state index is 12.7. The first kappa shape index (κ1) is 24.8. The van der Waals surface area contributed by atoms with E-state index in [0.29, 0.717) is 43.8 Å². The van der Waals surface area contributed by atoms with E-state index in [1.807, 2.05) is 17.5 Å². The first-order chi connectivity index (χ1) is 16.8. The van der Waals surface area contributed by atoms with E-state index in [4.69, 9.17) is 11.6 Å². The molecule has 0 bridgehead atoms. The molecule has 0 aliphatic rings. The predicted molar refractivity (Wildman–Crippen MR) is 139 cm³/mol. The lowest BCUT2D eigenvalue weighted by Crippen LogP contribution is -2.28. The van der Waals surface area contributed by atoms with Gasteiger partial charge in [0.1, 0.15) is 12.3 Å². The van der Waals surface area contributed by atoms with Crippen molar-refractivity contribution in [2.24, 2.45) is 4.99 Å². The number of hydrogen-bond acceptors (Lipinski definition) is 7. The third-order valence-corrected chi connectivity index (χ3v) is 7.84. The summed E-state index contributed by atoms with van der Waals surface area (Å²) < 4.78 is 0.949. The Bertz CT molecular complexity index is 1390. The fraction of sp³-hybridized carbons (Fsp3) is 0.154. The van der Waals surface area contributed by atoms with Crippen LogP contribution in [0, 0.1) is 0 Å². The molecule has 2 N–H and O–H groups in total. The lowest BCUT2D eigenvalue weighted by molar-refractivity contribution is -0.904. The zero-order valence-corrected chi connectivity index (χ0v) is 21.2. The first-order valence-electron chi connectivity index (χ1n) is 10.8. The second-order valence-corrected chi connectivity index (χ2v) is 10.2. The molecule has 0 fully saturated rings. The Kier molecular flexibility index (Phi) is 7.75. The van der Waals surface area contributed by atoms with Crippen LogP contribution in [0.5, 0.6) is 5.75 Å². The van der Waals surface area contributed by atoms with Crippen molar-refractivity contribution in [1.82, 2.24) is 0 Å². The highest BCUT2D eigenvalue weighted by atomic mass is 35.5. The van der Waals surface area contributed by atoms with E-state index >= 15 is 0 Å². The summed E-state index contributed by atoms with van der Waals surface area (Å²) in [7, 11) is 0. The van der Waals surface area contributed by atoms with E-state index in [0.717, 1.165) is 15.9 Å². The van der Waals surface area contributed by atoms with Crippen molar-refractivity contribution >= 4 is 51.6 Å². The zero-order valence-electron chi connectivity index (χ0n) is 18.8. The molecular weight excluding hydrogens is 504 g/mol. The van der Waals surface area contributed by atoms with Gasteiger partial charge in [0.05, 0.1) is 14.6 Å². The van der Waals surface area contributed by atoms with Gasteiger partial charge in [0.15, 0.2) is 11.6 Å². The smallest absolute Gasteiger partial charge is 0.222 e. The number of halogens is 1. The number of pyridine rings is 1. The molecular formula is C26H22ClN2O4S2+. The summed E-state index contributed by atoms with van der Waals surface area (Å²) in [5, 5.41) is 22.4. The Balaban J connectivity index is 1.38. The highest BCUT2D eigenvalue weighted by molar-refractivity contribution is 7.16. The molecule has 3 aromatic heterocycles. The summed E-state index contributed by atoms with van der Waals surface area (Å²) in [4.78, 5) is 31.3. The monoisotopic (exact) mass is 525 g/mol. The van der Waals surface area contributed by atoms with Crippen LogP contribution in [0.3, 0.4) is 0 Å². The molecule has 4 aromatic rings. The second kappa shape index (κ2) is 10.9. The Labute approximate surface area is 215 Å². The number of aromatic hydroxyl groups is 1. The Morgan fingerprint density at radius 3 is 2.34 bits per heavy atom. The number of aromatic nitrogens is 1. The minimum atomic E-state index is -0.184. The molecule has 0 spiro atoms. The maximum atomic E-state index is 12.7. The van der Waals surface area contributed by atoms with Gasteiger partial charge in [-0.25, -0.2) is 0 Å². The number of nitrogens with zero attached hydrogens (tertiary/aromatic N) is 2. The Morgan fingerprint density at radius 2 is 1.66 bits per heavy atom. The van der Waals surface area contributed by atoms with Crippen molar-refractivity contribution in [2.75, 3.05) is 6.54 Å². The van der Waals surface area contributed by atoms with E-state index in [1.165, 1.54) is 35.1 Å². The summed E-state index contributed by atoms with van der Waals surface area (Å²) in [6.45, 7) is 1.68. The number of carbonyl (C=O) groups excluding carboxylic acids is 2. The molecule has 0 aliphatic carbocycles. The molecule has 0 amide bonds. The largest absolute Gasteiger partial charge is 0.506 e. The Morgan fingerprint density at radius 1 is 1.00 bits per heavy atom. The van der Waals surface area contributed by atoms with Crippen molar-refractivity contribution in [3.8, 4) is 16.2 Å². The van der Waals surface area contributed by atoms with Crippen LogP contribution in [0.25, 0.3) is 10.4 Å². The summed E-state index contributed by atoms with van der Waals surface area (Å²) >= 11 is 8.51. The van der Waals surface area contributed by atoms with Crippen molar-refractivity contribution < 1.29 is 24.6 Å². The van der Waals surface area contributed by atoms with Crippen LogP contribution in [0.2, 0.25) is 5.02 Å². The molecule has 0 atom stereocenters. The molecule has 4 rings (SSSR count). The molecule has 3 heterocycles. The van der Waals surface area contributed by atoms with Gasteiger partial charge in [-0.1, -0.05) is 23.7 Å². The molecule has 1 aromatic carbocycles. The SMILES string of the molecule is CC(=NCC(=O)c1ccc(C(=O)CCc2cc[n+](O)cc2)s1)c1csc(-c2ccc(Cl)cc2)c1O. The predicted octanol–water partition coefficient (Wildman–Crippen LogP) is 5.87. The molecule has 0 aliphatic heterocycles. The van der Waals surface area contributed by atoms with Gasteiger partial charge < -0.3 is 5.11 Å². The molecule has 0 saturated heterocycles. The standard InChI is InChI=1S/C26H21ClN2O4S2/c1-16(20-15-34-26(25(20)32)18-3-5-19(27)6-4-18)28-14-22(31)24-9-8-23(35-24)21(30)7-2-17-10-12-29(33)13-11-17/h3-6,8-13,15H,2,7,14H2,1H3,(H-,32,33)/p+1. The number of rotatable bonds is 9. The maximum Gasteiger partial charge on any atom is 0.222 e. The van der Waals surface area contributed by atoms with Gasteiger partial charge in [-0.2, -0.15) is 0 Å². The van der Waals surface area contributed by atoms with Crippen molar-refractivity contribution in [1.29, 1.82) is 0 Å². The van der Waals surface area contributed by atoms with Gasteiger partial charge in [-0.15, -0.1) is 22.7 Å².